The Hall–Kier alpha value is -0.0400. The quantitative estimate of drug-likeness (QED) is 0.186. The third-order valence-corrected chi connectivity index (χ3v) is 4.65. The first-order chi connectivity index (χ1) is 14.5. The highest BCUT2D eigenvalue weighted by Gasteiger charge is 2.05. The molecule has 0 rings (SSSR count). The molecule has 0 aliphatic rings. The number of nitrogens with zero attached hydrogens (tertiary/aromatic N) is 1. The van der Waals surface area contributed by atoms with Crippen LogP contribution < -0.4 is 0 Å². The van der Waals surface area contributed by atoms with Crippen molar-refractivity contribution in [2.24, 2.45) is 0 Å². The molecule has 0 aliphatic carbocycles. The van der Waals surface area contributed by atoms with Gasteiger partial charge in [0.25, 0.3) is 0 Å². The van der Waals surface area contributed by atoms with Crippen LogP contribution in [0.3, 0.4) is 0 Å². The normalized spacial score (nSPS) is 16.8. The van der Waals surface area contributed by atoms with Gasteiger partial charge < -0.3 is 4.90 Å². The molecule has 0 aromatic rings. The van der Waals surface area contributed by atoms with Crippen LogP contribution in [0.15, 0.2) is 0 Å². The van der Waals surface area contributed by atoms with Crippen molar-refractivity contribution in [3.63, 3.8) is 0 Å². The van der Waals surface area contributed by atoms with E-state index < -0.39 is 19.5 Å². The van der Waals surface area contributed by atoms with Crippen LogP contribution in [0.2, 0.25) is 0 Å². The Bertz CT molecular complexity index is 366. The Morgan fingerprint density at radius 2 is 0.640 bits per heavy atom. The molecule has 1 nitrogen and oxygen atoms in total. The molecule has 0 unspecified atom stereocenters. The van der Waals surface area contributed by atoms with E-state index in [1.807, 2.05) is 0 Å². The Kier molecular flexibility index (Phi) is 14.0. The van der Waals surface area contributed by atoms with Crippen LogP contribution in [-0.2, 0) is 0 Å². The van der Waals surface area contributed by atoms with Crippen molar-refractivity contribution < 1.29 is 8.22 Å². The standard InChI is InChI=1S/C24H51N/c1-4-7-10-13-16-19-22-25(23-20-17-14-11-8-5-2)24-21-18-15-12-9-6-3/h4-24H2,1-3H3/i22D2,23D2,24D2. The Morgan fingerprint density at radius 3 is 0.920 bits per heavy atom. The number of hydrogen-bond donors (Lipinski definition) is 0. The molecule has 0 spiro atoms. The molecule has 1 heteroatoms. The van der Waals surface area contributed by atoms with Gasteiger partial charge in [0.1, 0.15) is 0 Å². The summed E-state index contributed by atoms with van der Waals surface area (Å²) in [4.78, 5) is 0.979. The van der Waals surface area contributed by atoms with Gasteiger partial charge in [-0.25, -0.2) is 0 Å². The molecule has 0 N–H and O–H groups in total. The minimum atomic E-state index is -1.99. The maximum absolute atomic E-state index is 8.68. The van der Waals surface area contributed by atoms with Gasteiger partial charge in [0.15, 0.2) is 0 Å². The minimum absolute atomic E-state index is 0.182. The summed E-state index contributed by atoms with van der Waals surface area (Å²) < 4.78 is 52.1. The maximum atomic E-state index is 8.68. The van der Waals surface area contributed by atoms with Crippen molar-refractivity contribution in [2.75, 3.05) is 19.5 Å². The summed E-state index contributed by atoms with van der Waals surface area (Å²) >= 11 is 0. The predicted octanol–water partition coefficient (Wildman–Crippen LogP) is 8.37. The summed E-state index contributed by atoms with van der Waals surface area (Å²) in [6.07, 6.45) is 15.2. The SMILES string of the molecule is [2H]C([2H])(CCCCCCC)N(C([2H])([2H])CCCCCCC)C([2H])([2H])CCCCCCC. The second kappa shape index (κ2) is 22.0. The lowest BCUT2D eigenvalue weighted by Gasteiger charge is -2.22. The molecular weight excluding hydrogens is 302 g/mol. The van der Waals surface area contributed by atoms with Crippen molar-refractivity contribution in [1.82, 2.24) is 4.90 Å². The summed E-state index contributed by atoms with van der Waals surface area (Å²) in [5, 5.41) is 0. The molecule has 0 atom stereocenters. The maximum Gasteiger partial charge on any atom is 0.0431 e. The summed E-state index contributed by atoms with van der Waals surface area (Å²) in [5.41, 5.74) is 0. The fraction of sp³-hybridized carbons (Fsp3) is 1.00. The lowest BCUT2D eigenvalue weighted by molar-refractivity contribution is 0.254. The molecule has 25 heavy (non-hydrogen) atoms. The summed E-state index contributed by atoms with van der Waals surface area (Å²) in [6, 6.07) is 0. The fourth-order valence-electron chi connectivity index (χ4n) is 2.93. The third-order valence-electron chi connectivity index (χ3n) is 4.65. The molecule has 0 fully saturated rings. The zero-order valence-electron chi connectivity index (χ0n) is 23.7. The molecule has 0 saturated carbocycles. The van der Waals surface area contributed by atoms with Gasteiger partial charge in [-0.05, 0) is 38.8 Å². The van der Waals surface area contributed by atoms with E-state index in [2.05, 4.69) is 20.8 Å². The monoisotopic (exact) mass is 359 g/mol. The van der Waals surface area contributed by atoms with Crippen molar-refractivity contribution in [3.05, 3.63) is 0 Å². The molecule has 0 aliphatic heterocycles. The van der Waals surface area contributed by atoms with Gasteiger partial charge in [-0.3, -0.25) is 0 Å². The van der Waals surface area contributed by atoms with E-state index in [4.69, 9.17) is 8.22 Å². The average Bonchev–Trinajstić information content (AvgIpc) is 2.66. The molecule has 0 bridgehead atoms. The highest BCUT2D eigenvalue weighted by Crippen LogP contribution is 2.11. The predicted molar refractivity (Wildman–Crippen MR) is 117 cm³/mol. The van der Waals surface area contributed by atoms with E-state index in [0.29, 0.717) is 19.3 Å². The Morgan fingerprint density at radius 1 is 0.400 bits per heavy atom. The van der Waals surface area contributed by atoms with Gasteiger partial charge in [0.2, 0.25) is 0 Å². The van der Waals surface area contributed by atoms with Crippen LogP contribution in [0.25, 0.3) is 0 Å². The minimum Gasteiger partial charge on any atom is -0.303 e. The highest BCUT2D eigenvalue weighted by molar-refractivity contribution is 4.60. The molecular formula is C24H51N. The van der Waals surface area contributed by atoms with Gasteiger partial charge in [0, 0.05) is 8.22 Å². The topological polar surface area (TPSA) is 3.24 Å². The zero-order valence-corrected chi connectivity index (χ0v) is 17.7. The van der Waals surface area contributed by atoms with E-state index >= 15 is 0 Å². The second-order valence-electron chi connectivity index (χ2n) is 7.30. The molecule has 152 valence electrons. The van der Waals surface area contributed by atoms with Crippen molar-refractivity contribution >= 4 is 0 Å². The van der Waals surface area contributed by atoms with Crippen LogP contribution in [0.5, 0.6) is 0 Å². The van der Waals surface area contributed by atoms with Crippen molar-refractivity contribution in [3.8, 4) is 0 Å². The van der Waals surface area contributed by atoms with Crippen molar-refractivity contribution in [1.29, 1.82) is 0 Å². The molecule has 0 saturated heterocycles. The highest BCUT2D eigenvalue weighted by atomic mass is 15.1. The number of unbranched alkanes of at least 4 members (excludes halogenated alkanes) is 12. The van der Waals surface area contributed by atoms with E-state index in [1.165, 1.54) is 0 Å². The number of hydrogen-bond acceptors (Lipinski definition) is 1. The van der Waals surface area contributed by atoms with Crippen LogP contribution in [-0.4, -0.2) is 24.4 Å². The lowest BCUT2D eigenvalue weighted by atomic mass is 10.1. The van der Waals surface area contributed by atoms with Crippen LogP contribution in [0, 0.1) is 0 Å². The summed E-state index contributed by atoms with van der Waals surface area (Å²) in [7, 11) is 0. The first kappa shape index (κ1) is 16.0. The first-order valence-corrected chi connectivity index (χ1v) is 11.4. The molecule has 0 amide bonds. The molecule has 0 aromatic heterocycles. The van der Waals surface area contributed by atoms with Gasteiger partial charge in [0.05, 0.1) is 0 Å². The lowest BCUT2D eigenvalue weighted by Crippen LogP contribution is -2.27. The number of rotatable bonds is 21. The van der Waals surface area contributed by atoms with E-state index in [0.717, 1.165) is 81.9 Å². The summed E-state index contributed by atoms with van der Waals surface area (Å²) in [6.45, 7) is 0.450. The van der Waals surface area contributed by atoms with Crippen LogP contribution in [0.4, 0.5) is 0 Å². The van der Waals surface area contributed by atoms with Gasteiger partial charge in [-0.2, -0.15) is 0 Å². The van der Waals surface area contributed by atoms with Crippen LogP contribution in [0.1, 0.15) is 145 Å². The second-order valence-corrected chi connectivity index (χ2v) is 7.30. The van der Waals surface area contributed by atoms with Crippen LogP contribution >= 0.6 is 0 Å². The van der Waals surface area contributed by atoms with Gasteiger partial charge in [-0.1, -0.05) is 117 Å². The molecule has 0 radical (unpaired) electrons. The third kappa shape index (κ3) is 20.1. The zero-order chi connectivity index (χ0) is 23.8. The molecule has 0 heterocycles. The smallest absolute Gasteiger partial charge is 0.0431 e. The van der Waals surface area contributed by atoms with Crippen molar-refractivity contribution in [2.45, 2.75) is 136 Å². The van der Waals surface area contributed by atoms with E-state index in [-0.39, 0.29) is 19.3 Å². The Balaban J connectivity index is 5.23. The average molecular weight is 360 g/mol. The van der Waals surface area contributed by atoms with Gasteiger partial charge in [-0.15, -0.1) is 0 Å². The van der Waals surface area contributed by atoms with E-state index in [1.54, 1.807) is 0 Å². The Labute approximate surface area is 169 Å². The fourth-order valence-corrected chi connectivity index (χ4v) is 2.93. The first-order valence-electron chi connectivity index (χ1n) is 14.4. The summed E-state index contributed by atoms with van der Waals surface area (Å²) in [5.74, 6) is 0. The van der Waals surface area contributed by atoms with E-state index in [9.17, 15) is 0 Å². The molecule has 0 aromatic carbocycles. The largest absolute Gasteiger partial charge is 0.303 e. The van der Waals surface area contributed by atoms with Gasteiger partial charge >= 0.3 is 0 Å².